The molecule has 0 aliphatic heterocycles. The van der Waals surface area contributed by atoms with Crippen molar-refractivity contribution >= 4 is 27.5 Å². The van der Waals surface area contributed by atoms with Crippen molar-refractivity contribution in [1.82, 2.24) is 15.6 Å². The first-order valence-electron chi connectivity index (χ1n) is 7.87. The lowest BCUT2D eigenvalue weighted by molar-refractivity contribution is 0.0950. The molecule has 0 spiro atoms. The Bertz CT molecular complexity index is 931. The third-order valence-electron chi connectivity index (χ3n) is 3.80. The van der Waals surface area contributed by atoms with Gasteiger partial charge in [-0.25, -0.2) is 5.43 Å². The van der Waals surface area contributed by atoms with Crippen molar-refractivity contribution in [3.8, 4) is 17.0 Å². The Labute approximate surface area is 159 Å². The largest absolute Gasteiger partial charge is 0.497 e. The number of hydrogen-bond donors (Lipinski definition) is 2. The molecule has 0 aliphatic carbocycles. The van der Waals surface area contributed by atoms with Gasteiger partial charge >= 0.3 is 0 Å². The zero-order valence-corrected chi connectivity index (χ0v) is 15.9. The van der Waals surface area contributed by atoms with E-state index in [-0.39, 0.29) is 5.91 Å². The van der Waals surface area contributed by atoms with Gasteiger partial charge in [0, 0.05) is 10.0 Å². The van der Waals surface area contributed by atoms with Crippen LogP contribution in [-0.2, 0) is 0 Å². The molecule has 2 aromatic carbocycles. The lowest BCUT2D eigenvalue weighted by atomic mass is 10.1. The standard InChI is InChI=1S/C19H17BrN4O2/c1-12(13-3-7-15(20)8-4-13)21-24-19(25)18-11-17(22-23-18)14-5-9-16(26-2)10-6-14/h3-11H,1-2H3,(H,22,23)(H,24,25)/b21-12-. The van der Waals surface area contributed by atoms with E-state index in [1.165, 1.54) is 0 Å². The minimum atomic E-state index is -0.353. The molecule has 1 aromatic heterocycles. The summed E-state index contributed by atoms with van der Waals surface area (Å²) in [6.45, 7) is 1.83. The SMILES string of the molecule is COc1ccc(-c2cc(C(=O)N/N=C(/C)c3ccc(Br)cc3)[nH]n2)cc1. The number of benzene rings is 2. The second-order valence-electron chi connectivity index (χ2n) is 5.54. The van der Waals surface area contributed by atoms with E-state index in [1.807, 2.05) is 55.5 Å². The Morgan fingerprint density at radius 3 is 2.50 bits per heavy atom. The van der Waals surface area contributed by atoms with Crippen LogP contribution < -0.4 is 10.2 Å². The summed E-state index contributed by atoms with van der Waals surface area (Å²) in [5.41, 5.74) is 6.07. The Morgan fingerprint density at radius 1 is 1.15 bits per heavy atom. The van der Waals surface area contributed by atoms with Crippen molar-refractivity contribution < 1.29 is 9.53 Å². The van der Waals surface area contributed by atoms with E-state index in [0.29, 0.717) is 17.1 Å². The summed E-state index contributed by atoms with van der Waals surface area (Å²) in [4.78, 5) is 12.3. The number of ether oxygens (including phenoxy) is 1. The van der Waals surface area contributed by atoms with E-state index in [9.17, 15) is 4.79 Å². The summed E-state index contributed by atoms with van der Waals surface area (Å²) in [6, 6.07) is 16.8. The highest BCUT2D eigenvalue weighted by Crippen LogP contribution is 2.21. The molecule has 2 N–H and O–H groups in total. The number of carbonyl (C=O) groups excluding carboxylic acids is 1. The first-order chi connectivity index (χ1) is 12.6. The van der Waals surface area contributed by atoms with Crippen molar-refractivity contribution in [2.45, 2.75) is 6.92 Å². The summed E-state index contributed by atoms with van der Waals surface area (Å²) < 4.78 is 6.12. The monoisotopic (exact) mass is 412 g/mol. The number of hydrogen-bond acceptors (Lipinski definition) is 4. The molecule has 0 radical (unpaired) electrons. The molecule has 3 aromatic rings. The van der Waals surface area contributed by atoms with E-state index >= 15 is 0 Å². The van der Waals surface area contributed by atoms with Gasteiger partial charge in [-0.3, -0.25) is 9.89 Å². The van der Waals surface area contributed by atoms with Crippen LogP contribution >= 0.6 is 15.9 Å². The lowest BCUT2D eigenvalue weighted by Gasteiger charge is -2.02. The number of amides is 1. The Morgan fingerprint density at radius 2 is 1.85 bits per heavy atom. The third-order valence-corrected chi connectivity index (χ3v) is 4.32. The number of nitrogens with one attached hydrogen (secondary N) is 2. The predicted octanol–water partition coefficient (Wildman–Crippen LogP) is 4.00. The summed E-state index contributed by atoms with van der Waals surface area (Å²) in [6.07, 6.45) is 0. The highest BCUT2D eigenvalue weighted by molar-refractivity contribution is 9.10. The Hall–Kier alpha value is -2.93. The molecule has 6 nitrogen and oxygen atoms in total. The summed E-state index contributed by atoms with van der Waals surface area (Å²) in [7, 11) is 1.61. The van der Waals surface area contributed by atoms with Gasteiger partial charge in [0.05, 0.1) is 18.5 Å². The maximum atomic E-state index is 12.3. The Kier molecular flexibility index (Phi) is 5.48. The molecule has 7 heteroatoms. The second kappa shape index (κ2) is 7.97. The normalized spacial score (nSPS) is 11.3. The van der Waals surface area contributed by atoms with Crippen LogP contribution in [0.3, 0.4) is 0 Å². The van der Waals surface area contributed by atoms with Crippen LogP contribution in [0.5, 0.6) is 5.75 Å². The summed E-state index contributed by atoms with van der Waals surface area (Å²) >= 11 is 3.39. The minimum absolute atomic E-state index is 0.336. The van der Waals surface area contributed by atoms with Crippen LogP contribution in [0, 0.1) is 0 Å². The number of aromatic amines is 1. The van der Waals surface area contributed by atoms with E-state index < -0.39 is 0 Å². The number of carbonyl (C=O) groups is 1. The molecule has 1 amide bonds. The van der Waals surface area contributed by atoms with E-state index in [1.54, 1.807) is 13.2 Å². The van der Waals surface area contributed by atoms with Crippen molar-refractivity contribution in [1.29, 1.82) is 0 Å². The Balaban J connectivity index is 1.69. The van der Waals surface area contributed by atoms with Crippen LogP contribution in [0.2, 0.25) is 0 Å². The zero-order valence-electron chi connectivity index (χ0n) is 14.3. The van der Waals surface area contributed by atoms with Gasteiger partial charge in [0.25, 0.3) is 5.91 Å². The zero-order chi connectivity index (χ0) is 18.5. The molecule has 1 heterocycles. The van der Waals surface area contributed by atoms with Crippen LogP contribution in [0.15, 0.2) is 64.2 Å². The van der Waals surface area contributed by atoms with Gasteiger partial charge in [0.15, 0.2) is 0 Å². The molecule has 0 fully saturated rings. The molecule has 0 unspecified atom stereocenters. The molecule has 0 bridgehead atoms. The van der Waals surface area contributed by atoms with Crippen molar-refractivity contribution in [2.75, 3.05) is 7.11 Å². The minimum Gasteiger partial charge on any atom is -0.497 e. The maximum absolute atomic E-state index is 12.3. The number of aromatic nitrogens is 2. The van der Waals surface area contributed by atoms with E-state index in [0.717, 1.165) is 21.3 Å². The molecule has 3 rings (SSSR count). The van der Waals surface area contributed by atoms with E-state index in [4.69, 9.17) is 4.74 Å². The number of hydrazone groups is 1. The highest BCUT2D eigenvalue weighted by Gasteiger charge is 2.11. The fraction of sp³-hybridized carbons (Fsp3) is 0.105. The van der Waals surface area contributed by atoms with Crippen LogP contribution in [0.25, 0.3) is 11.3 Å². The van der Waals surface area contributed by atoms with E-state index in [2.05, 4.69) is 36.7 Å². The fourth-order valence-corrected chi connectivity index (χ4v) is 2.56. The maximum Gasteiger partial charge on any atom is 0.289 e. The first kappa shape index (κ1) is 17.9. The highest BCUT2D eigenvalue weighted by atomic mass is 79.9. The van der Waals surface area contributed by atoms with Gasteiger partial charge in [-0.15, -0.1) is 0 Å². The van der Waals surface area contributed by atoms with Gasteiger partial charge in [-0.1, -0.05) is 28.1 Å². The van der Waals surface area contributed by atoms with Crippen molar-refractivity contribution in [3.63, 3.8) is 0 Å². The lowest BCUT2D eigenvalue weighted by Crippen LogP contribution is -2.19. The molecule has 0 aliphatic rings. The number of halogens is 1. The van der Waals surface area contributed by atoms with Crippen LogP contribution in [-0.4, -0.2) is 28.9 Å². The van der Waals surface area contributed by atoms with Crippen LogP contribution in [0.1, 0.15) is 23.0 Å². The second-order valence-corrected chi connectivity index (χ2v) is 6.46. The molecule has 0 saturated heterocycles. The van der Waals surface area contributed by atoms with Gasteiger partial charge < -0.3 is 4.74 Å². The summed E-state index contributed by atoms with van der Waals surface area (Å²) in [5.74, 6) is 0.411. The molecule has 26 heavy (non-hydrogen) atoms. The molecular weight excluding hydrogens is 396 g/mol. The number of methoxy groups -OCH3 is 1. The third kappa shape index (κ3) is 4.18. The number of rotatable bonds is 5. The fourth-order valence-electron chi connectivity index (χ4n) is 2.30. The van der Waals surface area contributed by atoms with Gasteiger partial charge in [-0.05, 0) is 55.0 Å². The molecular formula is C19H17BrN4O2. The van der Waals surface area contributed by atoms with Gasteiger partial charge in [0.1, 0.15) is 11.4 Å². The van der Waals surface area contributed by atoms with Gasteiger partial charge in [-0.2, -0.15) is 10.2 Å². The number of H-pyrrole nitrogens is 1. The summed E-state index contributed by atoms with van der Waals surface area (Å²) in [5, 5.41) is 11.1. The quantitative estimate of drug-likeness (QED) is 0.490. The van der Waals surface area contributed by atoms with Gasteiger partial charge in [0.2, 0.25) is 0 Å². The smallest absolute Gasteiger partial charge is 0.289 e. The molecule has 0 saturated carbocycles. The molecule has 132 valence electrons. The predicted molar refractivity (Wildman–Crippen MR) is 104 cm³/mol. The van der Waals surface area contributed by atoms with Crippen molar-refractivity contribution in [3.05, 3.63) is 70.3 Å². The van der Waals surface area contributed by atoms with Crippen LogP contribution in [0.4, 0.5) is 0 Å². The van der Waals surface area contributed by atoms with Crippen molar-refractivity contribution in [2.24, 2.45) is 5.10 Å². The molecule has 0 atom stereocenters. The number of nitrogens with zero attached hydrogens (tertiary/aromatic N) is 2. The average Bonchev–Trinajstić information content (AvgIpc) is 3.17. The average molecular weight is 413 g/mol. The topological polar surface area (TPSA) is 79.4 Å². The first-order valence-corrected chi connectivity index (χ1v) is 8.66.